The smallest absolute Gasteiger partial charge is 0.00277 e. The number of nitrogens with one attached hydrogen (secondary N) is 1. The molecule has 0 aliphatic rings. The predicted molar refractivity (Wildman–Crippen MR) is 83.2 cm³/mol. The maximum Gasteiger partial charge on any atom is 0.00277 e. The van der Waals surface area contributed by atoms with Gasteiger partial charge < -0.3 is 5.32 Å². The zero-order valence-corrected chi connectivity index (χ0v) is 10.9. The third kappa shape index (κ3) is 13.7. The lowest BCUT2D eigenvalue weighted by molar-refractivity contribution is 1.10. The van der Waals surface area contributed by atoms with Crippen LogP contribution in [0, 0.1) is 0 Å². The van der Waals surface area contributed by atoms with Crippen molar-refractivity contribution in [3.8, 4) is 0 Å². The van der Waals surface area contributed by atoms with Gasteiger partial charge in [0.05, 0.1) is 0 Å². The Morgan fingerprint density at radius 3 is 1.22 bits per heavy atom. The summed E-state index contributed by atoms with van der Waals surface area (Å²) in [6, 6.07) is 0. The maximum atomic E-state index is 3.59. The molecular formula is C17H21N. The lowest BCUT2D eigenvalue weighted by Gasteiger charge is -1.79. The molecule has 0 rings (SSSR count). The number of hydrogen-bond donors (Lipinski definition) is 1. The minimum Gasteiger partial charge on any atom is -0.394 e. The molecule has 0 aromatic rings. The van der Waals surface area contributed by atoms with Gasteiger partial charge >= 0.3 is 0 Å². The van der Waals surface area contributed by atoms with Crippen molar-refractivity contribution in [2.24, 2.45) is 0 Å². The minimum atomic E-state index is 1.75. The lowest BCUT2D eigenvalue weighted by atomic mass is 10.3. The van der Waals surface area contributed by atoms with Crippen molar-refractivity contribution in [3.05, 3.63) is 97.8 Å². The first-order valence-corrected chi connectivity index (χ1v) is 5.86. The molecule has 0 heterocycles. The first kappa shape index (κ1) is 15.7. The summed E-state index contributed by atoms with van der Waals surface area (Å²) in [7, 11) is 1.87. The molecule has 0 fully saturated rings. The molecule has 0 saturated heterocycles. The molecule has 0 unspecified atom stereocenters. The van der Waals surface area contributed by atoms with E-state index in [1.165, 1.54) is 0 Å². The lowest BCUT2D eigenvalue weighted by Crippen LogP contribution is -1.89. The monoisotopic (exact) mass is 239 g/mol. The summed E-state index contributed by atoms with van der Waals surface area (Å²) in [6.45, 7) is 3.59. The number of hydrogen-bond acceptors (Lipinski definition) is 1. The van der Waals surface area contributed by atoms with E-state index in [2.05, 4.69) is 11.9 Å². The summed E-state index contributed by atoms with van der Waals surface area (Å²) in [5.41, 5.74) is 0. The van der Waals surface area contributed by atoms with Crippen molar-refractivity contribution < 1.29 is 0 Å². The van der Waals surface area contributed by atoms with E-state index in [4.69, 9.17) is 0 Å². The second-order valence-corrected chi connectivity index (χ2v) is 3.19. The van der Waals surface area contributed by atoms with Gasteiger partial charge in [-0.25, -0.2) is 0 Å². The summed E-state index contributed by atoms with van der Waals surface area (Å²) in [4.78, 5) is 0. The van der Waals surface area contributed by atoms with Gasteiger partial charge in [0.1, 0.15) is 0 Å². The van der Waals surface area contributed by atoms with Gasteiger partial charge in [0.15, 0.2) is 0 Å². The molecule has 0 spiro atoms. The molecule has 1 heteroatoms. The molecule has 0 aliphatic carbocycles. The molecule has 0 saturated carbocycles. The topological polar surface area (TPSA) is 12.0 Å². The Hall–Kier alpha value is -2.28. The molecule has 1 N–H and O–H groups in total. The van der Waals surface area contributed by atoms with Gasteiger partial charge in [0.25, 0.3) is 0 Å². The fourth-order valence-electron chi connectivity index (χ4n) is 0.936. The average Bonchev–Trinajstić information content (AvgIpc) is 2.39. The summed E-state index contributed by atoms with van der Waals surface area (Å²) in [5, 5.41) is 2.92. The predicted octanol–water partition coefficient (Wildman–Crippen LogP) is 4.24. The highest BCUT2D eigenvalue weighted by atomic mass is 14.8. The summed E-state index contributed by atoms with van der Waals surface area (Å²) < 4.78 is 0. The van der Waals surface area contributed by atoms with E-state index in [1.807, 2.05) is 92.2 Å². The molecule has 1 nitrogen and oxygen atoms in total. The third-order valence-corrected chi connectivity index (χ3v) is 1.73. The van der Waals surface area contributed by atoms with Gasteiger partial charge in [-0.2, -0.15) is 0 Å². The maximum absolute atomic E-state index is 3.59. The highest BCUT2D eigenvalue weighted by Crippen LogP contribution is 1.85. The van der Waals surface area contributed by atoms with E-state index in [0.717, 1.165) is 0 Å². The van der Waals surface area contributed by atoms with Gasteiger partial charge in [-0.05, 0) is 12.3 Å². The fraction of sp³-hybridized carbons (Fsp3) is 0.0588. The van der Waals surface area contributed by atoms with Crippen LogP contribution in [0.5, 0.6) is 0 Å². The highest BCUT2D eigenvalue weighted by molar-refractivity contribution is 5.20. The molecule has 0 amide bonds. The normalized spacial score (nSPS) is 13.6. The van der Waals surface area contributed by atoms with E-state index >= 15 is 0 Å². The molecule has 0 aliphatic heterocycles. The zero-order valence-electron chi connectivity index (χ0n) is 10.9. The van der Waals surface area contributed by atoms with Crippen molar-refractivity contribution >= 4 is 0 Å². The molecule has 0 atom stereocenters. The van der Waals surface area contributed by atoms with Crippen molar-refractivity contribution in [2.45, 2.75) is 0 Å². The van der Waals surface area contributed by atoms with Crippen molar-refractivity contribution in [1.29, 1.82) is 0 Å². The van der Waals surface area contributed by atoms with E-state index in [0.29, 0.717) is 0 Å². The van der Waals surface area contributed by atoms with E-state index < -0.39 is 0 Å². The molecule has 0 radical (unpaired) electrons. The Balaban J connectivity index is 3.79. The Morgan fingerprint density at radius 1 is 0.556 bits per heavy atom. The summed E-state index contributed by atoms with van der Waals surface area (Å²) in [6.07, 6.45) is 29.1. The van der Waals surface area contributed by atoms with Gasteiger partial charge in [0, 0.05) is 7.05 Å². The molecule has 0 aromatic carbocycles. The molecule has 0 bridgehead atoms. The highest BCUT2D eigenvalue weighted by Gasteiger charge is 1.64. The Kier molecular flexibility index (Phi) is 12.9. The largest absolute Gasteiger partial charge is 0.394 e. The van der Waals surface area contributed by atoms with Gasteiger partial charge in [-0.15, -0.1) is 0 Å². The first-order chi connectivity index (χ1) is 8.91. The second kappa shape index (κ2) is 14.7. The van der Waals surface area contributed by atoms with E-state index in [-0.39, 0.29) is 0 Å². The van der Waals surface area contributed by atoms with Crippen molar-refractivity contribution in [3.63, 3.8) is 0 Å². The Morgan fingerprint density at radius 2 is 0.889 bits per heavy atom. The third-order valence-electron chi connectivity index (χ3n) is 1.73. The van der Waals surface area contributed by atoms with Crippen LogP contribution in [0.4, 0.5) is 0 Å². The van der Waals surface area contributed by atoms with Gasteiger partial charge in [-0.1, -0.05) is 85.6 Å². The van der Waals surface area contributed by atoms with Crippen LogP contribution in [0.2, 0.25) is 0 Å². The first-order valence-electron chi connectivity index (χ1n) is 5.86. The summed E-state index contributed by atoms with van der Waals surface area (Å²) in [5.74, 6) is 0. The quantitative estimate of drug-likeness (QED) is 0.625. The molecular weight excluding hydrogens is 218 g/mol. The van der Waals surface area contributed by atoms with Gasteiger partial charge in [-0.3, -0.25) is 0 Å². The summed E-state index contributed by atoms with van der Waals surface area (Å²) >= 11 is 0. The van der Waals surface area contributed by atoms with E-state index in [1.54, 1.807) is 6.08 Å². The van der Waals surface area contributed by atoms with Gasteiger partial charge in [0.2, 0.25) is 0 Å². The molecule has 0 aromatic heterocycles. The molecule has 94 valence electrons. The van der Waals surface area contributed by atoms with Crippen LogP contribution < -0.4 is 5.32 Å². The zero-order chi connectivity index (χ0) is 13.3. The fourth-order valence-corrected chi connectivity index (χ4v) is 0.936. The van der Waals surface area contributed by atoms with Crippen LogP contribution in [0.1, 0.15) is 0 Å². The van der Waals surface area contributed by atoms with Crippen LogP contribution in [-0.4, -0.2) is 7.05 Å². The standard InChI is InChI=1S/C17H21N/c1-3-4-5-6-7-8-9-10-11-12-13-14-15-16-17-18-2/h3-18H,1H2,2H3. The molecule has 18 heavy (non-hydrogen) atoms. The Labute approximate surface area is 111 Å². The van der Waals surface area contributed by atoms with Crippen LogP contribution in [0.25, 0.3) is 0 Å². The minimum absolute atomic E-state index is 1.75. The Bertz CT molecular complexity index is 388. The van der Waals surface area contributed by atoms with E-state index in [9.17, 15) is 0 Å². The van der Waals surface area contributed by atoms with Crippen molar-refractivity contribution in [1.82, 2.24) is 5.32 Å². The SMILES string of the molecule is C=CC=CC=CC=CC=CC=CC=CC=CNC. The van der Waals surface area contributed by atoms with Crippen LogP contribution in [0.3, 0.4) is 0 Å². The average molecular weight is 239 g/mol. The van der Waals surface area contributed by atoms with Crippen molar-refractivity contribution in [2.75, 3.05) is 7.05 Å². The van der Waals surface area contributed by atoms with Crippen LogP contribution >= 0.6 is 0 Å². The second-order valence-electron chi connectivity index (χ2n) is 3.19. The van der Waals surface area contributed by atoms with Crippen LogP contribution in [-0.2, 0) is 0 Å². The van der Waals surface area contributed by atoms with Crippen LogP contribution in [0.15, 0.2) is 97.8 Å². The number of allylic oxidation sites excluding steroid dienone is 14. The number of rotatable bonds is 8.